The van der Waals surface area contributed by atoms with Crippen LogP contribution in [0, 0.1) is 0 Å². The molecule has 1 aromatic carbocycles. The van der Waals surface area contributed by atoms with E-state index in [2.05, 4.69) is 26.6 Å². The van der Waals surface area contributed by atoms with Crippen molar-refractivity contribution >= 4 is 27.7 Å². The summed E-state index contributed by atoms with van der Waals surface area (Å²) in [6.45, 7) is 5.56. The first-order valence-electron chi connectivity index (χ1n) is 6.15. The molecule has 0 saturated carbocycles. The molecule has 0 heterocycles. The molecule has 6 heteroatoms. The monoisotopic (exact) mass is 342 g/mol. The van der Waals surface area contributed by atoms with Crippen LogP contribution in [-0.2, 0) is 4.79 Å². The first-order chi connectivity index (χ1) is 9.23. The van der Waals surface area contributed by atoms with E-state index in [-0.39, 0.29) is 23.9 Å². The lowest BCUT2D eigenvalue weighted by molar-refractivity contribution is -0.121. The van der Waals surface area contributed by atoms with Crippen LogP contribution in [0.25, 0.3) is 0 Å². The highest BCUT2D eigenvalue weighted by atomic mass is 79.9. The second kappa shape index (κ2) is 6.74. The normalized spacial score (nSPS) is 10.8. The summed E-state index contributed by atoms with van der Waals surface area (Å²) >= 11 is 3.31. The molecule has 0 atom stereocenters. The Hall–Kier alpha value is -1.56. The summed E-state index contributed by atoms with van der Waals surface area (Å²) in [4.78, 5) is 23.7. The lowest BCUT2D eigenvalue weighted by Gasteiger charge is -2.20. The summed E-state index contributed by atoms with van der Waals surface area (Å²) in [6, 6.07) is 5.08. The second-order valence-electron chi connectivity index (χ2n) is 5.33. The quantitative estimate of drug-likeness (QED) is 0.880. The van der Waals surface area contributed by atoms with Crippen LogP contribution in [0.2, 0.25) is 0 Å². The Kier molecular flexibility index (Phi) is 5.56. The molecule has 0 saturated heterocycles. The van der Waals surface area contributed by atoms with Crippen LogP contribution in [0.1, 0.15) is 31.1 Å². The number of hydrogen-bond acceptors (Lipinski definition) is 3. The fourth-order valence-corrected chi connectivity index (χ4v) is 1.91. The molecule has 2 N–H and O–H groups in total. The fourth-order valence-electron chi connectivity index (χ4n) is 1.57. The van der Waals surface area contributed by atoms with Crippen LogP contribution in [0.5, 0.6) is 5.75 Å². The molecule has 0 spiro atoms. The van der Waals surface area contributed by atoms with Crippen molar-refractivity contribution in [3.8, 4) is 5.75 Å². The lowest BCUT2D eigenvalue weighted by atomic mass is 10.1. The van der Waals surface area contributed by atoms with Gasteiger partial charge in [0.25, 0.3) is 5.91 Å². The zero-order valence-electron chi connectivity index (χ0n) is 12.0. The smallest absolute Gasteiger partial charge is 0.255 e. The van der Waals surface area contributed by atoms with E-state index in [0.717, 1.165) is 4.47 Å². The van der Waals surface area contributed by atoms with Gasteiger partial charge in [0.05, 0.1) is 19.2 Å². The number of benzene rings is 1. The van der Waals surface area contributed by atoms with Crippen molar-refractivity contribution in [2.24, 2.45) is 0 Å². The first kappa shape index (κ1) is 16.5. The summed E-state index contributed by atoms with van der Waals surface area (Å²) in [7, 11) is 1.49. The minimum absolute atomic E-state index is 0.0741. The molecule has 5 nitrogen and oxygen atoms in total. The van der Waals surface area contributed by atoms with Gasteiger partial charge in [-0.05, 0) is 39.0 Å². The number of carbonyl (C=O) groups is 2. The molecule has 20 heavy (non-hydrogen) atoms. The number of methoxy groups -OCH3 is 1. The van der Waals surface area contributed by atoms with E-state index in [9.17, 15) is 9.59 Å². The largest absolute Gasteiger partial charge is 0.496 e. The number of nitrogens with one attached hydrogen (secondary N) is 2. The van der Waals surface area contributed by atoms with Gasteiger partial charge in [-0.3, -0.25) is 9.59 Å². The fraction of sp³-hybridized carbons (Fsp3) is 0.429. The van der Waals surface area contributed by atoms with Crippen molar-refractivity contribution in [2.45, 2.75) is 26.3 Å². The van der Waals surface area contributed by atoms with Crippen molar-refractivity contribution in [1.29, 1.82) is 0 Å². The minimum Gasteiger partial charge on any atom is -0.496 e. The predicted molar refractivity (Wildman–Crippen MR) is 80.9 cm³/mol. The van der Waals surface area contributed by atoms with E-state index >= 15 is 0 Å². The Bertz CT molecular complexity index is 510. The maximum Gasteiger partial charge on any atom is 0.255 e. The van der Waals surface area contributed by atoms with Gasteiger partial charge in [-0.2, -0.15) is 0 Å². The predicted octanol–water partition coefficient (Wildman–Crippen LogP) is 2.10. The first-order valence-corrected chi connectivity index (χ1v) is 6.95. The van der Waals surface area contributed by atoms with Gasteiger partial charge in [-0.25, -0.2) is 0 Å². The highest BCUT2D eigenvalue weighted by Gasteiger charge is 2.16. The molecule has 0 aliphatic rings. The molecule has 0 aliphatic heterocycles. The van der Waals surface area contributed by atoms with Crippen molar-refractivity contribution in [3.05, 3.63) is 28.2 Å². The summed E-state index contributed by atoms with van der Waals surface area (Å²) in [5.41, 5.74) is 0.0659. The third-order valence-electron chi connectivity index (χ3n) is 2.33. The zero-order valence-corrected chi connectivity index (χ0v) is 13.6. The van der Waals surface area contributed by atoms with Gasteiger partial charge in [-0.1, -0.05) is 15.9 Å². The summed E-state index contributed by atoms with van der Waals surface area (Å²) in [6.07, 6.45) is 0. The van der Waals surface area contributed by atoms with Crippen molar-refractivity contribution < 1.29 is 14.3 Å². The van der Waals surface area contributed by atoms with E-state index in [4.69, 9.17) is 4.74 Å². The highest BCUT2D eigenvalue weighted by Crippen LogP contribution is 2.23. The minimum atomic E-state index is -0.349. The van der Waals surface area contributed by atoms with Gasteiger partial charge in [0, 0.05) is 10.0 Å². The Balaban J connectivity index is 2.66. The number of rotatable bonds is 4. The summed E-state index contributed by atoms with van der Waals surface area (Å²) in [5.74, 6) is -0.131. The average molecular weight is 343 g/mol. The van der Waals surface area contributed by atoms with Gasteiger partial charge in [0.2, 0.25) is 5.91 Å². The van der Waals surface area contributed by atoms with E-state index in [1.165, 1.54) is 7.11 Å². The van der Waals surface area contributed by atoms with Crippen LogP contribution in [-0.4, -0.2) is 31.0 Å². The molecule has 110 valence electrons. The van der Waals surface area contributed by atoms with Crippen LogP contribution in [0.3, 0.4) is 0 Å². The number of hydrogen-bond donors (Lipinski definition) is 2. The van der Waals surface area contributed by atoms with Crippen LogP contribution >= 0.6 is 15.9 Å². The van der Waals surface area contributed by atoms with Crippen LogP contribution in [0.15, 0.2) is 22.7 Å². The Morgan fingerprint density at radius 2 is 1.95 bits per heavy atom. The molecule has 2 amide bonds. The number of halogens is 1. The molecule has 0 fully saturated rings. The third-order valence-corrected chi connectivity index (χ3v) is 2.83. The van der Waals surface area contributed by atoms with Gasteiger partial charge in [-0.15, -0.1) is 0 Å². The molecule has 0 aromatic heterocycles. The Morgan fingerprint density at radius 3 is 2.50 bits per heavy atom. The maximum absolute atomic E-state index is 12.0. The molecule has 0 bridgehead atoms. The van der Waals surface area contributed by atoms with Gasteiger partial charge in [0.15, 0.2) is 0 Å². The molecular weight excluding hydrogens is 324 g/mol. The van der Waals surface area contributed by atoms with Gasteiger partial charge >= 0.3 is 0 Å². The molecule has 0 aliphatic carbocycles. The number of amides is 2. The average Bonchev–Trinajstić information content (AvgIpc) is 2.33. The second-order valence-corrected chi connectivity index (χ2v) is 6.24. The SMILES string of the molecule is COc1cc(Br)ccc1C(=O)NCC(=O)NC(C)(C)C. The maximum atomic E-state index is 12.0. The van der Waals surface area contributed by atoms with Crippen molar-refractivity contribution in [1.82, 2.24) is 10.6 Å². The van der Waals surface area contributed by atoms with E-state index in [1.54, 1.807) is 18.2 Å². The lowest BCUT2D eigenvalue weighted by Crippen LogP contribution is -2.45. The number of carbonyl (C=O) groups excluding carboxylic acids is 2. The highest BCUT2D eigenvalue weighted by molar-refractivity contribution is 9.10. The Morgan fingerprint density at radius 1 is 1.30 bits per heavy atom. The Labute approximate surface area is 127 Å². The van der Waals surface area contributed by atoms with Crippen molar-refractivity contribution in [2.75, 3.05) is 13.7 Å². The molecular formula is C14H19BrN2O3. The summed E-state index contributed by atoms with van der Waals surface area (Å²) < 4.78 is 5.96. The van der Waals surface area contributed by atoms with Crippen molar-refractivity contribution in [3.63, 3.8) is 0 Å². The van der Waals surface area contributed by atoms with Gasteiger partial charge in [0.1, 0.15) is 5.75 Å². The zero-order chi connectivity index (χ0) is 15.3. The molecule has 0 unspecified atom stereocenters. The van der Waals surface area contributed by atoms with E-state index in [0.29, 0.717) is 11.3 Å². The van der Waals surface area contributed by atoms with E-state index < -0.39 is 0 Å². The third kappa shape index (κ3) is 5.21. The molecule has 1 aromatic rings. The standard InChI is InChI=1S/C14H19BrN2O3/c1-14(2,3)17-12(18)8-16-13(19)10-6-5-9(15)7-11(10)20-4/h5-7H,8H2,1-4H3,(H,16,19)(H,17,18). The summed E-state index contributed by atoms with van der Waals surface area (Å²) in [5, 5.41) is 5.34. The number of ether oxygens (including phenoxy) is 1. The van der Waals surface area contributed by atoms with Gasteiger partial charge < -0.3 is 15.4 Å². The molecule has 1 rings (SSSR count). The van der Waals surface area contributed by atoms with Crippen LogP contribution in [0.4, 0.5) is 0 Å². The van der Waals surface area contributed by atoms with Crippen LogP contribution < -0.4 is 15.4 Å². The topological polar surface area (TPSA) is 67.4 Å². The van der Waals surface area contributed by atoms with E-state index in [1.807, 2.05) is 20.8 Å². The molecule has 0 radical (unpaired) electrons.